The zero-order chi connectivity index (χ0) is 15.5. The molecule has 2 aromatic carbocycles. The quantitative estimate of drug-likeness (QED) is 0.622. The van der Waals surface area contributed by atoms with E-state index in [1.54, 1.807) is 31.3 Å². The van der Waals surface area contributed by atoms with Crippen molar-refractivity contribution in [2.24, 2.45) is 0 Å². The summed E-state index contributed by atoms with van der Waals surface area (Å²) in [5, 5.41) is 0. The van der Waals surface area contributed by atoms with Gasteiger partial charge in [-0.25, -0.2) is 0 Å². The second kappa shape index (κ2) is 5.92. The molecule has 0 saturated carbocycles. The van der Waals surface area contributed by atoms with Gasteiger partial charge < -0.3 is 4.90 Å². The molecule has 0 N–H and O–H groups in total. The van der Waals surface area contributed by atoms with Crippen molar-refractivity contribution in [3.8, 4) is 0 Å². The van der Waals surface area contributed by atoms with Gasteiger partial charge in [0.05, 0.1) is 5.41 Å². The Balaban J connectivity index is 2.29. The van der Waals surface area contributed by atoms with Crippen molar-refractivity contribution in [3.05, 3.63) is 65.7 Å². The maximum Gasteiger partial charge on any atom is 0.213 e. The Morgan fingerprint density at radius 3 is 2.10 bits per heavy atom. The van der Waals surface area contributed by atoms with Crippen LogP contribution < -0.4 is 4.90 Å². The molecule has 0 atom stereocenters. The van der Waals surface area contributed by atoms with Crippen molar-refractivity contribution < 1.29 is 9.59 Å². The van der Waals surface area contributed by atoms with E-state index in [-0.39, 0.29) is 5.78 Å². The molecular formula is C18H19NO2. The summed E-state index contributed by atoms with van der Waals surface area (Å²) in [6.07, 6.45) is 0.741. The maximum absolute atomic E-state index is 12.7. The summed E-state index contributed by atoms with van der Waals surface area (Å²) in [5.41, 5.74) is 1.81. The molecule has 0 radical (unpaired) electrons. The summed E-state index contributed by atoms with van der Waals surface area (Å²) in [5.74, 6) is 0.0639. The zero-order valence-electron chi connectivity index (χ0n) is 12.5. The number of hydrogen-bond acceptors (Lipinski definition) is 2. The number of ketones is 1. The highest BCUT2D eigenvalue weighted by atomic mass is 16.1. The lowest BCUT2D eigenvalue weighted by Gasteiger charge is -2.24. The van der Waals surface area contributed by atoms with Crippen molar-refractivity contribution in [1.82, 2.24) is 0 Å². The van der Waals surface area contributed by atoms with Crippen molar-refractivity contribution in [2.75, 3.05) is 11.9 Å². The molecule has 0 aliphatic carbocycles. The third kappa shape index (κ3) is 3.02. The summed E-state index contributed by atoms with van der Waals surface area (Å²) in [4.78, 5) is 24.9. The highest BCUT2D eigenvalue weighted by Crippen LogP contribution is 2.28. The first-order chi connectivity index (χ1) is 9.96. The predicted molar refractivity (Wildman–Crippen MR) is 84.7 cm³/mol. The van der Waals surface area contributed by atoms with Crippen LogP contribution in [0, 0.1) is 0 Å². The fraction of sp³-hybridized carbons (Fsp3) is 0.222. The van der Waals surface area contributed by atoms with E-state index >= 15 is 0 Å². The van der Waals surface area contributed by atoms with E-state index in [2.05, 4.69) is 0 Å². The lowest BCUT2D eigenvalue weighted by Crippen LogP contribution is -2.29. The average molecular weight is 281 g/mol. The van der Waals surface area contributed by atoms with Crippen LogP contribution in [-0.4, -0.2) is 19.2 Å². The zero-order valence-corrected chi connectivity index (χ0v) is 12.5. The SMILES string of the molecule is CN(C=O)c1ccc(C(=O)C(C)(C)c2ccccc2)cc1. The molecule has 0 aromatic heterocycles. The van der Waals surface area contributed by atoms with Crippen LogP contribution in [-0.2, 0) is 10.2 Å². The third-order valence-corrected chi connectivity index (χ3v) is 3.76. The summed E-state index contributed by atoms with van der Waals surface area (Å²) in [7, 11) is 1.68. The summed E-state index contributed by atoms with van der Waals surface area (Å²) in [6, 6.07) is 16.8. The Bertz CT molecular complexity index is 630. The number of nitrogens with zero attached hydrogens (tertiary/aromatic N) is 1. The Morgan fingerprint density at radius 1 is 1.00 bits per heavy atom. The second-order valence-corrected chi connectivity index (χ2v) is 5.58. The number of amides is 1. The molecular weight excluding hydrogens is 262 g/mol. The van der Waals surface area contributed by atoms with Gasteiger partial charge in [0.25, 0.3) is 0 Å². The topological polar surface area (TPSA) is 37.4 Å². The normalized spacial score (nSPS) is 11.0. The van der Waals surface area contributed by atoms with Crippen LogP contribution in [0.4, 0.5) is 5.69 Å². The molecule has 0 fully saturated rings. The van der Waals surface area contributed by atoms with Crippen LogP contribution in [0.3, 0.4) is 0 Å². The Labute approximate surface area is 125 Å². The number of hydrogen-bond donors (Lipinski definition) is 0. The number of carbonyl (C=O) groups excluding carboxylic acids is 2. The second-order valence-electron chi connectivity index (χ2n) is 5.58. The van der Waals surface area contributed by atoms with Gasteiger partial charge in [-0.3, -0.25) is 9.59 Å². The lowest BCUT2D eigenvalue weighted by molar-refractivity contribution is -0.107. The molecule has 0 aliphatic heterocycles. The number of Topliss-reactive ketones (excluding diaryl/α,β-unsaturated/α-hetero) is 1. The first-order valence-electron chi connectivity index (χ1n) is 6.85. The maximum atomic E-state index is 12.7. The molecule has 0 unspecified atom stereocenters. The van der Waals surface area contributed by atoms with Gasteiger partial charge in [0.2, 0.25) is 6.41 Å². The molecule has 3 heteroatoms. The fourth-order valence-electron chi connectivity index (χ4n) is 2.26. The molecule has 0 saturated heterocycles. The average Bonchev–Trinajstić information content (AvgIpc) is 2.54. The van der Waals surface area contributed by atoms with Crippen LogP contribution in [0.25, 0.3) is 0 Å². The Kier molecular flexibility index (Phi) is 4.22. The molecule has 2 rings (SSSR count). The minimum atomic E-state index is -0.584. The number of rotatable bonds is 5. The molecule has 3 nitrogen and oxygen atoms in total. The number of anilines is 1. The van der Waals surface area contributed by atoms with Crippen LogP contribution in [0.2, 0.25) is 0 Å². The van der Waals surface area contributed by atoms with Crippen LogP contribution in [0.1, 0.15) is 29.8 Å². The molecule has 108 valence electrons. The van der Waals surface area contributed by atoms with Gasteiger partial charge in [-0.2, -0.15) is 0 Å². The Morgan fingerprint density at radius 2 is 1.57 bits per heavy atom. The summed E-state index contributed by atoms with van der Waals surface area (Å²) >= 11 is 0. The molecule has 0 spiro atoms. The van der Waals surface area contributed by atoms with Crippen LogP contribution in [0.15, 0.2) is 54.6 Å². The van der Waals surface area contributed by atoms with Crippen LogP contribution >= 0.6 is 0 Å². The molecule has 21 heavy (non-hydrogen) atoms. The highest BCUT2D eigenvalue weighted by Gasteiger charge is 2.30. The van der Waals surface area contributed by atoms with Gasteiger partial charge in [-0.1, -0.05) is 30.3 Å². The number of carbonyl (C=O) groups is 2. The first-order valence-corrected chi connectivity index (χ1v) is 6.85. The molecule has 0 aliphatic rings. The Hall–Kier alpha value is -2.42. The van der Waals surface area contributed by atoms with Crippen molar-refractivity contribution in [3.63, 3.8) is 0 Å². The van der Waals surface area contributed by atoms with E-state index < -0.39 is 5.41 Å². The van der Waals surface area contributed by atoms with E-state index in [9.17, 15) is 9.59 Å². The molecule has 0 bridgehead atoms. The van der Waals surface area contributed by atoms with E-state index in [0.717, 1.165) is 17.7 Å². The largest absolute Gasteiger partial charge is 0.318 e. The standard InChI is InChI=1S/C18H19NO2/c1-18(2,15-7-5-4-6-8-15)17(21)14-9-11-16(12-10-14)19(3)13-20/h4-13H,1-3H3. The van der Waals surface area contributed by atoms with E-state index in [1.165, 1.54) is 4.90 Å². The first kappa shape index (κ1) is 15.0. The minimum absolute atomic E-state index is 0.0639. The highest BCUT2D eigenvalue weighted by molar-refractivity contribution is 6.03. The monoisotopic (exact) mass is 281 g/mol. The van der Waals surface area contributed by atoms with Gasteiger partial charge in [-0.15, -0.1) is 0 Å². The van der Waals surface area contributed by atoms with Gasteiger partial charge in [0.1, 0.15) is 0 Å². The van der Waals surface area contributed by atoms with Gasteiger partial charge in [-0.05, 0) is 43.7 Å². The van der Waals surface area contributed by atoms with Crippen molar-refractivity contribution >= 4 is 17.9 Å². The van der Waals surface area contributed by atoms with Gasteiger partial charge in [0, 0.05) is 18.3 Å². The molecule has 2 aromatic rings. The predicted octanol–water partition coefficient (Wildman–Crippen LogP) is 3.44. The minimum Gasteiger partial charge on any atom is -0.318 e. The van der Waals surface area contributed by atoms with E-state index in [1.807, 2.05) is 44.2 Å². The lowest BCUT2D eigenvalue weighted by atomic mass is 9.78. The van der Waals surface area contributed by atoms with E-state index in [4.69, 9.17) is 0 Å². The third-order valence-electron chi connectivity index (χ3n) is 3.76. The molecule has 0 heterocycles. The summed E-state index contributed by atoms with van der Waals surface area (Å²) < 4.78 is 0. The van der Waals surface area contributed by atoms with Gasteiger partial charge in [0.15, 0.2) is 5.78 Å². The smallest absolute Gasteiger partial charge is 0.213 e. The summed E-state index contributed by atoms with van der Waals surface area (Å²) in [6.45, 7) is 3.85. The fourth-order valence-corrected chi connectivity index (χ4v) is 2.26. The number of benzene rings is 2. The molecule has 1 amide bonds. The van der Waals surface area contributed by atoms with Crippen molar-refractivity contribution in [2.45, 2.75) is 19.3 Å². The van der Waals surface area contributed by atoms with Crippen LogP contribution in [0.5, 0.6) is 0 Å². The van der Waals surface area contributed by atoms with Crippen molar-refractivity contribution in [1.29, 1.82) is 0 Å². The van der Waals surface area contributed by atoms with Gasteiger partial charge >= 0.3 is 0 Å². The van der Waals surface area contributed by atoms with E-state index in [0.29, 0.717) is 5.56 Å².